The number of hydrogen-bond acceptors (Lipinski definition) is 4. The summed E-state index contributed by atoms with van der Waals surface area (Å²) in [6.07, 6.45) is 0.425. The van der Waals surface area contributed by atoms with Crippen LogP contribution in [0.25, 0.3) is 5.73 Å². The fourth-order valence-electron chi connectivity index (χ4n) is 0.426. The molecule has 0 aromatic carbocycles. The van der Waals surface area contributed by atoms with Crippen molar-refractivity contribution in [1.82, 2.24) is 5.27 Å². The Hall–Kier alpha value is -1.59. The molecule has 0 fully saturated rings. The van der Waals surface area contributed by atoms with E-state index in [1.165, 1.54) is 7.11 Å². The molecular weight excluding hydrogens is 138 g/mol. The molecule has 0 saturated heterocycles. The summed E-state index contributed by atoms with van der Waals surface area (Å²) >= 11 is 0. The van der Waals surface area contributed by atoms with Gasteiger partial charge in [0, 0.05) is 0 Å². The molecule has 1 heterocycles. The Morgan fingerprint density at radius 1 is 2.00 bits per heavy atom. The van der Waals surface area contributed by atoms with E-state index in [1.807, 2.05) is 0 Å². The van der Waals surface area contributed by atoms with Gasteiger partial charge in [0.05, 0.1) is 11.8 Å². The van der Waals surface area contributed by atoms with Gasteiger partial charge in [0.25, 0.3) is 0 Å². The minimum atomic E-state index is -0.678. The number of methoxy groups -OCH3 is 1. The van der Waals surface area contributed by atoms with E-state index in [9.17, 15) is 4.79 Å². The van der Waals surface area contributed by atoms with Crippen molar-refractivity contribution in [1.29, 1.82) is 0 Å². The van der Waals surface area contributed by atoms with E-state index in [1.54, 1.807) is 0 Å². The third kappa shape index (κ3) is 1.04. The normalized spacial score (nSPS) is 9.30. The lowest BCUT2D eigenvalue weighted by Crippen LogP contribution is -2.43. The van der Waals surface area contributed by atoms with E-state index in [0.717, 1.165) is 10.9 Å². The van der Waals surface area contributed by atoms with Gasteiger partial charge in [-0.25, -0.2) is 0 Å². The average Bonchev–Trinajstić information content (AvgIpc) is 2.34. The predicted octanol–water partition coefficient (Wildman–Crippen LogP) is 0.260. The zero-order valence-electron chi connectivity index (χ0n) is 5.20. The lowest BCUT2D eigenvalue weighted by atomic mass is 10.8. The van der Waals surface area contributed by atoms with Crippen molar-refractivity contribution >= 4 is 12.0 Å². The van der Waals surface area contributed by atoms with Gasteiger partial charge in [-0.05, 0) is 0 Å². The topological polar surface area (TPSA) is 80.0 Å². The van der Waals surface area contributed by atoms with Crippen LogP contribution in [0.3, 0.4) is 0 Å². The molecule has 1 aromatic rings. The number of nitrogens with zero attached hydrogens (tertiary/aromatic N) is 2. The summed E-state index contributed by atoms with van der Waals surface area (Å²) in [6.45, 7) is 0. The second kappa shape index (κ2) is 2.34. The quantitative estimate of drug-likeness (QED) is 0.488. The highest BCUT2D eigenvalue weighted by Crippen LogP contribution is 2.00. The molecule has 0 bridgehead atoms. The Morgan fingerprint density at radius 3 is 3.10 bits per heavy atom. The van der Waals surface area contributed by atoms with Gasteiger partial charge in [-0.2, -0.15) is 4.79 Å². The molecule has 1 N–H and O–H groups in total. The van der Waals surface area contributed by atoms with Crippen LogP contribution >= 0.6 is 0 Å². The fraction of sp³-hybridized carbons (Fsp3) is 0.250. The molecule has 0 amide bonds. The van der Waals surface area contributed by atoms with Crippen molar-refractivity contribution < 1.29 is 18.7 Å². The van der Waals surface area contributed by atoms with Crippen molar-refractivity contribution in [3.63, 3.8) is 0 Å². The number of ether oxygens (including phenoxy) is 1. The lowest BCUT2D eigenvalue weighted by Gasteiger charge is -1.80. The molecule has 54 valence electrons. The number of nitrogens with one attached hydrogen (secondary N) is 1. The Balaban J connectivity index is 2.85. The van der Waals surface area contributed by atoms with Crippen molar-refractivity contribution in [2.75, 3.05) is 7.11 Å². The molecule has 10 heavy (non-hydrogen) atoms. The highest BCUT2D eigenvalue weighted by molar-refractivity contribution is 5.56. The third-order valence-electron chi connectivity index (χ3n) is 0.828. The molecule has 0 saturated carbocycles. The van der Waals surface area contributed by atoms with Gasteiger partial charge in [0.2, 0.25) is 11.5 Å². The van der Waals surface area contributed by atoms with Crippen LogP contribution in [0.5, 0.6) is 0 Å². The number of carbonyl (C=O) groups is 1. The van der Waals surface area contributed by atoms with Crippen LogP contribution in [-0.2, 0) is 4.74 Å². The fourth-order valence-corrected chi connectivity index (χ4v) is 0.426. The Morgan fingerprint density at radius 2 is 2.70 bits per heavy atom. The average molecular weight is 143 g/mol. The predicted molar refractivity (Wildman–Crippen MR) is 28.5 cm³/mol. The highest BCUT2D eigenvalue weighted by Gasteiger charge is 2.18. The molecule has 1 rings (SSSR count). The largest absolute Gasteiger partial charge is 0.660 e. The van der Waals surface area contributed by atoms with Crippen LogP contribution in [-0.4, -0.2) is 18.5 Å². The highest BCUT2D eigenvalue weighted by atomic mass is 16.6. The van der Waals surface area contributed by atoms with Gasteiger partial charge in [0.15, 0.2) is 0 Å². The van der Waals surface area contributed by atoms with E-state index in [2.05, 4.69) is 14.5 Å². The summed E-state index contributed by atoms with van der Waals surface area (Å²) in [4.78, 5) is 10.6. The third-order valence-corrected chi connectivity index (χ3v) is 0.828. The summed E-state index contributed by atoms with van der Waals surface area (Å²) in [7, 11) is 1.22. The van der Waals surface area contributed by atoms with Gasteiger partial charge in [0.1, 0.15) is 5.88 Å². The summed E-state index contributed by atoms with van der Waals surface area (Å²) < 4.78 is 9.33. The summed E-state index contributed by atoms with van der Waals surface area (Å²) in [6, 6.07) is 0. The molecule has 0 spiro atoms. The Bertz CT molecular complexity index is 244. The summed E-state index contributed by atoms with van der Waals surface area (Å²) in [5.41, 5.74) is 6.83. The minimum absolute atomic E-state index is 0.189. The minimum Gasteiger partial charge on any atom is -0.660 e. The van der Waals surface area contributed by atoms with Crippen LogP contribution in [0.4, 0.5) is 10.7 Å². The van der Waals surface area contributed by atoms with E-state index in [4.69, 9.17) is 5.73 Å². The van der Waals surface area contributed by atoms with Crippen LogP contribution in [0.2, 0.25) is 0 Å². The molecule has 0 unspecified atom stereocenters. The zero-order chi connectivity index (χ0) is 7.56. The first-order valence-corrected chi connectivity index (χ1v) is 2.42. The maximum absolute atomic E-state index is 10.6. The standard InChI is InChI=1S/C4H5N3O3/c1-9-4(8)7-2-3(5)10-6-7/h2H,1H3,(H-,5,6). The smallest absolute Gasteiger partial charge is 0.630 e. The summed E-state index contributed by atoms with van der Waals surface area (Å²) in [5, 5.41) is 3.17. The maximum atomic E-state index is 10.6. The van der Waals surface area contributed by atoms with Crippen LogP contribution < -0.4 is 4.68 Å². The Kier molecular flexibility index (Phi) is 1.53. The van der Waals surface area contributed by atoms with Gasteiger partial charge in [-0.1, -0.05) is 0 Å². The molecular formula is C4H5N3O3. The Labute approximate surface area is 56.1 Å². The number of hydrogen-bond donors (Lipinski definition) is 0. The van der Waals surface area contributed by atoms with Crippen molar-refractivity contribution in [2.24, 2.45) is 0 Å². The van der Waals surface area contributed by atoms with Crippen LogP contribution in [0.1, 0.15) is 0 Å². The molecule has 1 aromatic heterocycles. The van der Waals surface area contributed by atoms with Gasteiger partial charge in [-0.15, -0.1) is 0 Å². The van der Waals surface area contributed by atoms with Gasteiger partial charge < -0.3 is 15.0 Å². The molecule has 6 heteroatoms. The molecule has 0 aliphatic heterocycles. The SMILES string of the molecule is COC(=O)[n+]1cc([NH-])on1. The second-order valence-corrected chi connectivity index (χ2v) is 1.48. The first kappa shape index (κ1) is 6.53. The van der Waals surface area contributed by atoms with Gasteiger partial charge >= 0.3 is 6.09 Å². The molecule has 0 atom stereocenters. The van der Waals surface area contributed by atoms with Crippen molar-refractivity contribution in [3.05, 3.63) is 11.9 Å². The maximum Gasteiger partial charge on any atom is 0.630 e. The molecule has 6 nitrogen and oxygen atoms in total. The molecule has 0 aliphatic rings. The molecule has 0 radical (unpaired) electrons. The zero-order valence-corrected chi connectivity index (χ0v) is 5.20. The van der Waals surface area contributed by atoms with Crippen molar-refractivity contribution in [2.45, 2.75) is 0 Å². The first-order chi connectivity index (χ1) is 4.74. The van der Waals surface area contributed by atoms with E-state index in [0.29, 0.717) is 0 Å². The number of rotatable bonds is 0. The van der Waals surface area contributed by atoms with Crippen LogP contribution in [0.15, 0.2) is 10.7 Å². The van der Waals surface area contributed by atoms with Crippen LogP contribution in [0, 0.1) is 0 Å². The lowest BCUT2D eigenvalue weighted by molar-refractivity contribution is -0.657. The monoisotopic (exact) mass is 143 g/mol. The van der Waals surface area contributed by atoms with Crippen molar-refractivity contribution in [3.8, 4) is 0 Å². The number of aromatic nitrogens is 2. The summed E-state index contributed by atoms with van der Waals surface area (Å²) in [5.74, 6) is -0.189. The van der Waals surface area contributed by atoms with E-state index >= 15 is 0 Å². The second-order valence-electron chi connectivity index (χ2n) is 1.48. The van der Waals surface area contributed by atoms with E-state index in [-0.39, 0.29) is 5.88 Å². The number of carbonyl (C=O) groups excluding carboxylic acids is 1. The molecule has 0 aliphatic carbocycles. The first-order valence-electron chi connectivity index (χ1n) is 2.42. The van der Waals surface area contributed by atoms with Gasteiger partial charge in [-0.3, -0.25) is 0 Å². The van der Waals surface area contributed by atoms with E-state index < -0.39 is 6.09 Å².